The van der Waals surface area contributed by atoms with E-state index in [1.165, 1.54) is 6.07 Å². The molecule has 2 rings (SSSR count). The fourth-order valence-corrected chi connectivity index (χ4v) is 2.23. The van der Waals surface area contributed by atoms with Crippen LogP contribution in [0.5, 0.6) is 0 Å². The molecule has 2 aromatic rings. The molecule has 0 saturated carbocycles. The molecule has 0 aliphatic heterocycles. The van der Waals surface area contributed by atoms with Gasteiger partial charge in [-0.3, -0.25) is 0 Å². The number of aromatic nitrogens is 2. The average Bonchev–Trinajstić information content (AvgIpc) is 2.50. The molecule has 0 spiro atoms. The summed E-state index contributed by atoms with van der Waals surface area (Å²) in [6.07, 6.45) is -1.07. The maximum atomic E-state index is 12.8. The number of aryl methyl sites for hydroxylation is 1. The second-order valence-corrected chi connectivity index (χ2v) is 5.52. The van der Waals surface area contributed by atoms with Crippen molar-refractivity contribution in [2.75, 3.05) is 17.2 Å². The van der Waals surface area contributed by atoms with Gasteiger partial charge in [-0.25, -0.2) is 9.97 Å². The monoisotopic (exact) mass is 338 g/mol. The van der Waals surface area contributed by atoms with Crippen LogP contribution in [0.4, 0.5) is 30.5 Å². The summed E-state index contributed by atoms with van der Waals surface area (Å²) in [7, 11) is 0. The van der Waals surface area contributed by atoms with Gasteiger partial charge < -0.3 is 10.6 Å². The fraction of sp³-hybridized carbons (Fsp3) is 0.412. The van der Waals surface area contributed by atoms with Gasteiger partial charge in [0.15, 0.2) is 0 Å². The maximum Gasteiger partial charge on any atom is 0.416 e. The molecule has 0 aliphatic carbocycles. The van der Waals surface area contributed by atoms with Gasteiger partial charge >= 0.3 is 6.18 Å². The van der Waals surface area contributed by atoms with E-state index in [0.29, 0.717) is 23.1 Å². The normalized spacial score (nSPS) is 11.4. The number of hydrogen-bond acceptors (Lipinski definition) is 4. The Labute approximate surface area is 139 Å². The molecule has 4 nitrogen and oxygen atoms in total. The molecule has 7 heteroatoms. The SMILES string of the molecule is CCCCCNc1cc(Nc2cccc(C(F)(F)F)c2)nc(C)n1. The Morgan fingerprint density at radius 2 is 1.79 bits per heavy atom. The zero-order valence-electron chi connectivity index (χ0n) is 13.7. The summed E-state index contributed by atoms with van der Waals surface area (Å²) in [5.41, 5.74) is -0.365. The van der Waals surface area contributed by atoms with Crippen LogP contribution in [0.1, 0.15) is 37.6 Å². The van der Waals surface area contributed by atoms with E-state index in [4.69, 9.17) is 0 Å². The van der Waals surface area contributed by atoms with E-state index in [-0.39, 0.29) is 0 Å². The average molecular weight is 338 g/mol. The number of hydrogen-bond donors (Lipinski definition) is 2. The summed E-state index contributed by atoms with van der Waals surface area (Å²) in [5.74, 6) is 1.66. The molecule has 1 aromatic carbocycles. The van der Waals surface area contributed by atoms with Gasteiger partial charge in [0, 0.05) is 18.3 Å². The number of benzene rings is 1. The van der Waals surface area contributed by atoms with Crippen LogP contribution in [-0.4, -0.2) is 16.5 Å². The maximum absolute atomic E-state index is 12.8. The van der Waals surface area contributed by atoms with Crippen LogP contribution in [0.15, 0.2) is 30.3 Å². The molecular weight excluding hydrogens is 317 g/mol. The molecule has 0 saturated heterocycles. The van der Waals surface area contributed by atoms with Crippen molar-refractivity contribution in [3.63, 3.8) is 0 Å². The molecule has 2 N–H and O–H groups in total. The Balaban J connectivity index is 2.10. The third-order valence-electron chi connectivity index (χ3n) is 3.39. The summed E-state index contributed by atoms with van der Waals surface area (Å²) in [6.45, 7) is 4.67. The van der Waals surface area contributed by atoms with E-state index in [0.717, 1.165) is 37.9 Å². The van der Waals surface area contributed by atoms with Crippen molar-refractivity contribution in [1.29, 1.82) is 0 Å². The minimum absolute atomic E-state index is 0.333. The highest BCUT2D eigenvalue weighted by Gasteiger charge is 2.30. The van der Waals surface area contributed by atoms with E-state index < -0.39 is 11.7 Å². The topological polar surface area (TPSA) is 49.8 Å². The number of nitrogens with zero attached hydrogens (tertiary/aromatic N) is 2. The van der Waals surface area contributed by atoms with Crippen molar-refractivity contribution in [3.8, 4) is 0 Å². The Kier molecular flexibility index (Phi) is 6.00. The molecule has 0 atom stereocenters. The first-order valence-electron chi connectivity index (χ1n) is 7.92. The standard InChI is InChI=1S/C17H21F3N4/c1-3-4-5-9-21-15-11-16(23-12(2)22-15)24-14-8-6-7-13(10-14)17(18,19)20/h6-8,10-11H,3-5,9H2,1-2H3,(H2,21,22,23,24). The lowest BCUT2D eigenvalue weighted by molar-refractivity contribution is -0.137. The van der Waals surface area contributed by atoms with Crippen molar-refractivity contribution in [2.45, 2.75) is 39.3 Å². The molecule has 0 aliphatic rings. The second-order valence-electron chi connectivity index (χ2n) is 5.52. The third kappa shape index (κ3) is 5.40. The lowest BCUT2D eigenvalue weighted by atomic mass is 10.2. The fourth-order valence-electron chi connectivity index (χ4n) is 2.23. The number of anilines is 3. The van der Waals surface area contributed by atoms with Crippen molar-refractivity contribution in [2.24, 2.45) is 0 Å². The van der Waals surface area contributed by atoms with Crippen LogP contribution in [0.25, 0.3) is 0 Å². The lowest BCUT2D eigenvalue weighted by Crippen LogP contribution is -2.07. The number of alkyl halides is 3. The highest BCUT2D eigenvalue weighted by atomic mass is 19.4. The molecule has 130 valence electrons. The van der Waals surface area contributed by atoms with Crippen LogP contribution in [-0.2, 0) is 6.18 Å². The summed E-state index contributed by atoms with van der Waals surface area (Å²) < 4.78 is 38.3. The second kappa shape index (κ2) is 7.99. The first kappa shape index (κ1) is 18.0. The van der Waals surface area contributed by atoms with Crippen LogP contribution < -0.4 is 10.6 Å². The molecule has 0 fully saturated rings. The first-order valence-corrected chi connectivity index (χ1v) is 7.92. The molecule has 1 heterocycles. The Morgan fingerprint density at radius 1 is 1.04 bits per heavy atom. The Bertz CT molecular complexity index is 671. The van der Waals surface area contributed by atoms with Crippen molar-refractivity contribution in [1.82, 2.24) is 9.97 Å². The molecule has 0 bridgehead atoms. The number of unbranched alkanes of at least 4 members (excludes halogenated alkanes) is 2. The molecule has 0 radical (unpaired) electrons. The van der Waals surface area contributed by atoms with Gasteiger partial charge in [0.2, 0.25) is 0 Å². The van der Waals surface area contributed by atoms with Gasteiger partial charge in [-0.1, -0.05) is 25.8 Å². The molecule has 24 heavy (non-hydrogen) atoms. The first-order chi connectivity index (χ1) is 11.4. The Hall–Kier alpha value is -2.31. The highest BCUT2D eigenvalue weighted by molar-refractivity contribution is 5.60. The molecule has 0 unspecified atom stereocenters. The summed E-state index contributed by atoms with van der Waals surface area (Å²) in [5, 5.41) is 6.12. The minimum atomic E-state index is -4.37. The quantitative estimate of drug-likeness (QED) is 0.686. The summed E-state index contributed by atoms with van der Waals surface area (Å²) in [6, 6.07) is 6.73. The van der Waals surface area contributed by atoms with Gasteiger partial charge in [-0.05, 0) is 31.5 Å². The number of nitrogens with one attached hydrogen (secondary N) is 2. The van der Waals surface area contributed by atoms with E-state index in [1.54, 1.807) is 19.1 Å². The summed E-state index contributed by atoms with van der Waals surface area (Å²) in [4.78, 5) is 8.51. The molecule has 1 aromatic heterocycles. The minimum Gasteiger partial charge on any atom is -0.370 e. The summed E-state index contributed by atoms with van der Waals surface area (Å²) >= 11 is 0. The smallest absolute Gasteiger partial charge is 0.370 e. The van der Waals surface area contributed by atoms with Crippen LogP contribution in [0.3, 0.4) is 0 Å². The molecule has 0 amide bonds. The van der Waals surface area contributed by atoms with E-state index in [1.807, 2.05) is 0 Å². The zero-order chi connectivity index (χ0) is 17.6. The zero-order valence-corrected chi connectivity index (χ0v) is 13.7. The predicted octanol–water partition coefficient (Wildman–Crippen LogP) is 5.15. The third-order valence-corrected chi connectivity index (χ3v) is 3.39. The van der Waals surface area contributed by atoms with Crippen LogP contribution in [0, 0.1) is 6.92 Å². The largest absolute Gasteiger partial charge is 0.416 e. The van der Waals surface area contributed by atoms with Crippen molar-refractivity contribution in [3.05, 3.63) is 41.7 Å². The lowest BCUT2D eigenvalue weighted by Gasteiger charge is -2.12. The van der Waals surface area contributed by atoms with E-state index in [2.05, 4.69) is 27.5 Å². The number of rotatable bonds is 7. The van der Waals surface area contributed by atoms with Gasteiger partial charge in [0.05, 0.1) is 5.56 Å². The van der Waals surface area contributed by atoms with Crippen LogP contribution in [0.2, 0.25) is 0 Å². The predicted molar refractivity (Wildman–Crippen MR) is 89.5 cm³/mol. The number of halogens is 3. The van der Waals surface area contributed by atoms with Gasteiger partial charge in [-0.15, -0.1) is 0 Å². The molecular formula is C17H21F3N4. The van der Waals surface area contributed by atoms with Gasteiger partial charge in [0.1, 0.15) is 17.5 Å². The van der Waals surface area contributed by atoms with Crippen molar-refractivity contribution >= 4 is 17.3 Å². The van der Waals surface area contributed by atoms with Crippen LogP contribution >= 0.6 is 0 Å². The Morgan fingerprint density at radius 3 is 2.50 bits per heavy atom. The highest BCUT2D eigenvalue weighted by Crippen LogP contribution is 2.31. The van der Waals surface area contributed by atoms with Crippen molar-refractivity contribution < 1.29 is 13.2 Å². The van der Waals surface area contributed by atoms with Gasteiger partial charge in [0.25, 0.3) is 0 Å². The van der Waals surface area contributed by atoms with Gasteiger partial charge in [-0.2, -0.15) is 13.2 Å². The van der Waals surface area contributed by atoms with E-state index in [9.17, 15) is 13.2 Å². The van der Waals surface area contributed by atoms with E-state index >= 15 is 0 Å².